The number of oxime groups is 1. The van der Waals surface area contributed by atoms with Gasteiger partial charge >= 0.3 is 12.3 Å². The van der Waals surface area contributed by atoms with Gasteiger partial charge in [0.25, 0.3) is 0 Å². The Hall–Kier alpha value is -5.11. The number of amides is 1. The summed E-state index contributed by atoms with van der Waals surface area (Å²) in [6.45, 7) is 4.01. The van der Waals surface area contributed by atoms with E-state index in [4.69, 9.17) is 20.7 Å². The predicted molar refractivity (Wildman–Crippen MR) is 156 cm³/mol. The van der Waals surface area contributed by atoms with Crippen molar-refractivity contribution < 1.29 is 32.3 Å². The van der Waals surface area contributed by atoms with Crippen molar-refractivity contribution in [3.63, 3.8) is 0 Å². The van der Waals surface area contributed by atoms with Gasteiger partial charge in [0.05, 0.1) is 36.8 Å². The molecule has 0 atom stereocenters. The molecule has 0 spiro atoms. The van der Waals surface area contributed by atoms with Crippen LogP contribution in [0.1, 0.15) is 37.0 Å². The Morgan fingerprint density at radius 3 is 2.21 bits per heavy atom. The third kappa shape index (κ3) is 8.44. The molecule has 0 fully saturated rings. The molecular formula is C31H29F3N4O4. The van der Waals surface area contributed by atoms with E-state index in [1.165, 1.54) is 30.4 Å². The number of rotatable bonds is 11. The summed E-state index contributed by atoms with van der Waals surface area (Å²) < 4.78 is 49.0. The lowest BCUT2D eigenvalue weighted by Gasteiger charge is -2.20. The lowest BCUT2D eigenvalue weighted by atomic mass is 10.0. The monoisotopic (exact) mass is 578 g/mol. The molecule has 0 aliphatic rings. The normalized spacial score (nSPS) is 12.1. The SMILES string of the molecule is C#CCN(C(=O)OC)c1ccccc1C=NN=C(CC)C(=NOCC)c1ccc(Oc2ccc(C(F)(F)F)cc2)cc1. The van der Waals surface area contributed by atoms with Crippen LogP contribution in [0.2, 0.25) is 0 Å². The van der Waals surface area contributed by atoms with Gasteiger partial charge in [-0.05, 0) is 67.9 Å². The van der Waals surface area contributed by atoms with Crippen molar-refractivity contribution in [3.8, 4) is 23.8 Å². The molecule has 1 amide bonds. The molecule has 3 rings (SSSR count). The second-order valence-corrected chi connectivity index (χ2v) is 8.47. The average molecular weight is 579 g/mol. The lowest BCUT2D eigenvalue weighted by molar-refractivity contribution is -0.137. The Morgan fingerprint density at radius 2 is 1.64 bits per heavy atom. The first kappa shape index (κ1) is 31.4. The van der Waals surface area contributed by atoms with Crippen LogP contribution in [0.4, 0.5) is 23.7 Å². The molecule has 42 heavy (non-hydrogen) atoms. The van der Waals surface area contributed by atoms with Crippen molar-refractivity contribution in [2.24, 2.45) is 15.4 Å². The van der Waals surface area contributed by atoms with E-state index in [0.29, 0.717) is 47.0 Å². The Balaban J connectivity index is 1.85. The van der Waals surface area contributed by atoms with Gasteiger partial charge in [-0.25, -0.2) is 4.79 Å². The largest absolute Gasteiger partial charge is 0.457 e. The van der Waals surface area contributed by atoms with Crippen molar-refractivity contribution in [1.29, 1.82) is 0 Å². The molecule has 0 heterocycles. The Morgan fingerprint density at radius 1 is 1.00 bits per heavy atom. The zero-order chi connectivity index (χ0) is 30.5. The first-order valence-corrected chi connectivity index (χ1v) is 12.9. The van der Waals surface area contributed by atoms with Gasteiger partial charge in [0.2, 0.25) is 0 Å². The molecule has 0 bridgehead atoms. The van der Waals surface area contributed by atoms with Crippen molar-refractivity contribution in [1.82, 2.24) is 0 Å². The molecule has 3 aromatic rings. The van der Waals surface area contributed by atoms with Crippen LogP contribution in [0.3, 0.4) is 0 Å². The molecule has 0 radical (unpaired) electrons. The Bertz CT molecular complexity index is 1480. The summed E-state index contributed by atoms with van der Waals surface area (Å²) in [6, 6.07) is 18.2. The second-order valence-electron chi connectivity index (χ2n) is 8.47. The minimum Gasteiger partial charge on any atom is -0.457 e. The first-order valence-electron chi connectivity index (χ1n) is 12.9. The number of halogens is 3. The molecule has 218 valence electrons. The Kier molecular flexibility index (Phi) is 11.3. The fourth-order valence-electron chi connectivity index (χ4n) is 3.67. The molecule has 0 saturated heterocycles. The number of anilines is 1. The van der Waals surface area contributed by atoms with Crippen molar-refractivity contribution in [2.45, 2.75) is 26.4 Å². The summed E-state index contributed by atoms with van der Waals surface area (Å²) in [6.07, 6.45) is 2.36. The number of hydrogen-bond donors (Lipinski definition) is 0. The molecule has 0 aromatic heterocycles. The zero-order valence-corrected chi connectivity index (χ0v) is 23.3. The summed E-state index contributed by atoms with van der Waals surface area (Å²) in [5.41, 5.74) is 1.95. The molecule has 3 aromatic carbocycles. The summed E-state index contributed by atoms with van der Waals surface area (Å²) in [5, 5.41) is 12.9. The third-order valence-electron chi connectivity index (χ3n) is 5.69. The van der Waals surface area contributed by atoms with E-state index in [2.05, 4.69) is 21.3 Å². The van der Waals surface area contributed by atoms with Crippen LogP contribution >= 0.6 is 0 Å². The minimum atomic E-state index is -4.42. The number of hydrogen-bond acceptors (Lipinski definition) is 7. The zero-order valence-electron chi connectivity index (χ0n) is 23.3. The molecule has 0 saturated carbocycles. The Labute approximate surface area is 242 Å². The van der Waals surface area contributed by atoms with Gasteiger partial charge in [-0.2, -0.15) is 23.4 Å². The number of terminal acetylenes is 1. The van der Waals surface area contributed by atoms with Crippen LogP contribution in [0.15, 0.2) is 88.2 Å². The second kappa shape index (κ2) is 15.0. The van der Waals surface area contributed by atoms with Crippen molar-refractivity contribution in [3.05, 3.63) is 89.5 Å². The van der Waals surface area contributed by atoms with E-state index in [1.54, 1.807) is 55.5 Å². The molecular weight excluding hydrogens is 549 g/mol. The van der Waals surface area contributed by atoms with E-state index >= 15 is 0 Å². The highest BCUT2D eigenvalue weighted by Gasteiger charge is 2.30. The number of nitrogens with zero attached hydrogens (tertiary/aromatic N) is 4. The molecule has 0 N–H and O–H groups in total. The van der Waals surface area contributed by atoms with E-state index < -0.39 is 17.8 Å². The van der Waals surface area contributed by atoms with Gasteiger partial charge in [-0.3, -0.25) is 4.90 Å². The van der Waals surface area contributed by atoms with Crippen LogP contribution < -0.4 is 9.64 Å². The number of methoxy groups -OCH3 is 1. The first-order chi connectivity index (χ1) is 20.2. The topological polar surface area (TPSA) is 85.1 Å². The van der Waals surface area contributed by atoms with Crippen LogP contribution in [-0.2, 0) is 15.8 Å². The summed E-state index contributed by atoms with van der Waals surface area (Å²) in [4.78, 5) is 18.9. The fourth-order valence-corrected chi connectivity index (χ4v) is 3.67. The number of benzene rings is 3. The third-order valence-corrected chi connectivity index (χ3v) is 5.69. The fraction of sp³-hybridized carbons (Fsp3) is 0.226. The number of ether oxygens (including phenoxy) is 2. The van der Waals surface area contributed by atoms with Crippen molar-refractivity contribution >= 4 is 29.4 Å². The molecule has 11 heteroatoms. The smallest absolute Gasteiger partial charge is 0.416 e. The van der Waals surface area contributed by atoms with Crippen LogP contribution in [0.5, 0.6) is 11.5 Å². The predicted octanol–water partition coefficient (Wildman–Crippen LogP) is 7.33. The van der Waals surface area contributed by atoms with Gasteiger partial charge in [0.1, 0.15) is 23.8 Å². The van der Waals surface area contributed by atoms with Gasteiger partial charge in [-0.1, -0.05) is 36.2 Å². The van der Waals surface area contributed by atoms with Crippen molar-refractivity contribution in [2.75, 3.05) is 25.2 Å². The maximum atomic E-state index is 12.8. The summed E-state index contributed by atoms with van der Waals surface area (Å²) in [5.74, 6) is 3.12. The van der Waals surface area contributed by atoms with E-state index in [0.717, 1.165) is 12.1 Å². The van der Waals surface area contributed by atoms with Gasteiger partial charge < -0.3 is 14.3 Å². The number of carbonyl (C=O) groups is 1. The van der Waals surface area contributed by atoms with Crippen LogP contribution in [-0.4, -0.2) is 44.0 Å². The van der Waals surface area contributed by atoms with Gasteiger partial charge in [-0.15, -0.1) is 6.42 Å². The average Bonchev–Trinajstić information content (AvgIpc) is 2.99. The summed E-state index contributed by atoms with van der Waals surface area (Å²) in [7, 11) is 1.27. The maximum Gasteiger partial charge on any atom is 0.416 e. The summed E-state index contributed by atoms with van der Waals surface area (Å²) >= 11 is 0. The highest BCUT2D eigenvalue weighted by atomic mass is 19.4. The highest BCUT2D eigenvalue weighted by molar-refractivity contribution is 6.48. The number of carbonyl (C=O) groups excluding carboxylic acids is 1. The van der Waals surface area contributed by atoms with Crippen LogP contribution in [0, 0.1) is 12.3 Å². The highest BCUT2D eigenvalue weighted by Crippen LogP contribution is 2.31. The standard InChI is InChI=1S/C31H29F3N4O4/c1-5-20-38(30(39)40-4)28-11-9-8-10-23(28)21-35-36-27(6-2)29(37-41-7-3)22-12-16-25(17-13-22)42-26-18-14-24(15-19-26)31(32,33)34/h1,8-19,21H,6-7,20H2,2-4H3. The quantitative estimate of drug-likeness (QED) is 0.135. The van der Waals surface area contributed by atoms with E-state index in [-0.39, 0.29) is 12.3 Å². The van der Waals surface area contributed by atoms with Gasteiger partial charge in [0.15, 0.2) is 0 Å². The lowest BCUT2D eigenvalue weighted by Crippen LogP contribution is -2.31. The van der Waals surface area contributed by atoms with E-state index in [1.807, 2.05) is 6.92 Å². The van der Waals surface area contributed by atoms with Gasteiger partial charge in [0, 0.05) is 11.1 Å². The van der Waals surface area contributed by atoms with Crippen LogP contribution in [0.25, 0.3) is 0 Å². The van der Waals surface area contributed by atoms with E-state index in [9.17, 15) is 18.0 Å². The molecule has 0 unspecified atom stereocenters. The minimum absolute atomic E-state index is 0.00471. The maximum absolute atomic E-state index is 12.8. The molecule has 0 aliphatic heterocycles. The molecule has 8 nitrogen and oxygen atoms in total. The number of para-hydroxylation sites is 1. The molecule has 0 aliphatic carbocycles. The number of alkyl halides is 3.